The summed E-state index contributed by atoms with van der Waals surface area (Å²) in [7, 11) is 0. The molecule has 2 fully saturated rings. The summed E-state index contributed by atoms with van der Waals surface area (Å²) in [6.45, 7) is 7.49. The summed E-state index contributed by atoms with van der Waals surface area (Å²) in [4.78, 5) is 27.8. The fourth-order valence-corrected chi connectivity index (χ4v) is 4.94. The van der Waals surface area contributed by atoms with Gasteiger partial charge >= 0.3 is 0 Å². The lowest BCUT2D eigenvalue weighted by molar-refractivity contribution is -0.141. The van der Waals surface area contributed by atoms with Gasteiger partial charge in [0.25, 0.3) is 0 Å². The van der Waals surface area contributed by atoms with Gasteiger partial charge in [0.2, 0.25) is 11.8 Å². The standard InChI is InChI=1S/C26H40N2O4/c1-4-31-22-14-13-20(19-23(22)32-5-2)16-18-28-24(29)15-17-26(28,3)25(30)27-21-11-9-7-6-8-10-12-21/h13-14,19,21H,4-12,15-18H2,1-3H3,(H,27,30)/t26-/m0/s1. The summed E-state index contributed by atoms with van der Waals surface area (Å²) in [6, 6.07) is 6.16. The van der Waals surface area contributed by atoms with Crippen molar-refractivity contribution in [1.82, 2.24) is 10.2 Å². The Balaban J connectivity index is 1.66. The van der Waals surface area contributed by atoms with Crippen molar-refractivity contribution in [3.05, 3.63) is 23.8 Å². The number of rotatable bonds is 9. The van der Waals surface area contributed by atoms with Crippen LogP contribution in [-0.2, 0) is 16.0 Å². The van der Waals surface area contributed by atoms with Crippen molar-refractivity contribution < 1.29 is 19.1 Å². The van der Waals surface area contributed by atoms with E-state index in [1.165, 1.54) is 32.1 Å². The summed E-state index contributed by atoms with van der Waals surface area (Å²) >= 11 is 0. The molecule has 0 aromatic heterocycles. The SMILES string of the molecule is CCOc1ccc(CCN2C(=O)CC[C@@]2(C)C(=O)NC2CCCCCCC2)cc1OCC. The van der Waals surface area contributed by atoms with Gasteiger partial charge < -0.3 is 19.7 Å². The van der Waals surface area contributed by atoms with Crippen LogP contribution in [0.15, 0.2) is 18.2 Å². The van der Waals surface area contributed by atoms with E-state index in [-0.39, 0.29) is 17.9 Å². The minimum atomic E-state index is -0.770. The number of nitrogens with zero attached hydrogens (tertiary/aromatic N) is 1. The van der Waals surface area contributed by atoms with Crippen LogP contribution in [0.4, 0.5) is 0 Å². The Morgan fingerprint density at radius 2 is 1.72 bits per heavy atom. The molecule has 1 aliphatic carbocycles. The maximum atomic E-state index is 13.3. The first-order valence-electron chi connectivity index (χ1n) is 12.5. The van der Waals surface area contributed by atoms with E-state index in [0.717, 1.165) is 29.9 Å². The van der Waals surface area contributed by atoms with E-state index in [9.17, 15) is 9.59 Å². The average Bonchev–Trinajstić information content (AvgIpc) is 3.05. The first kappa shape index (κ1) is 24.4. The van der Waals surface area contributed by atoms with Crippen molar-refractivity contribution in [2.45, 2.75) is 96.6 Å². The number of benzene rings is 1. The first-order valence-corrected chi connectivity index (χ1v) is 12.5. The predicted octanol–water partition coefficient (Wildman–Crippen LogP) is 4.64. The number of amides is 2. The highest BCUT2D eigenvalue weighted by atomic mass is 16.5. The third kappa shape index (κ3) is 5.96. The lowest BCUT2D eigenvalue weighted by Gasteiger charge is -2.35. The average molecular weight is 445 g/mol. The molecule has 32 heavy (non-hydrogen) atoms. The second kappa shape index (κ2) is 11.6. The Morgan fingerprint density at radius 1 is 1.06 bits per heavy atom. The molecular formula is C26H40N2O4. The Labute approximate surface area is 193 Å². The maximum Gasteiger partial charge on any atom is 0.245 e. The number of ether oxygens (including phenoxy) is 2. The number of carbonyl (C=O) groups is 2. The van der Waals surface area contributed by atoms with Crippen LogP contribution in [0.3, 0.4) is 0 Å². The minimum Gasteiger partial charge on any atom is -0.490 e. The number of likely N-dealkylation sites (tertiary alicyclic amines) is 1. The smallest absolute Gasteiger partial charge is 0.245 e. The van der Waals surface area contributed by atoms with E-state index in [0.29, 0.717) is 39.0 Å². The third-order valence-electron chi connectivity index (χ3n) is 6.88. The fraction of sp³-hybridized carbons (Fsp3) is 0.692. The zero-order valence-corrected chi connectivity index (χ0v) is 20.1. The molecule has 0 spiro atoms. The molecule has 178 valence electrons. The largest absolute Gasteiger partial charge is 0.490 e. The number of carbonyl (C=O) groups excluding carboxylic acids is 2. The van der Waals surface area contributed by atoms with Crippen molar-refractivity contribution in [1.29, 1.82) is 0 Å². The first-order chi connectivity index (χ1) is 15.5. The summed E-state index contributed by atoms with van der Waals surface area (Å²) < 4.78 is 11.4. The van der Waals surface area contributed by atoms with E-state index in [4.69, 9.17) is 9.47 Å². The highest BCUT2D eigenvalue weighted by molar-refractivity contribution is 5.94. The van der Waals surface area contributed by atoms with Crippen molar-refractivity contribution in [3.8, 4) is 11.5 Å². The molecule has 1 heterocycles. The highest BCUT2D eigenvalue weighted by Crippen LogP contribution is 2.33. The summed E-state index contributed by atoms with van der Waals surface area (Å²) in [6.07, 6.45) is 9.92. The Morgan fingerprint density at radius 3 is 2.41 bits per heavy atom. The molecule has 0 unspecified atom stereocenters. The van der Waals surface area contributed by atoms with Gasteiger partial charge in [-0.25, -0.2) is 0 Å². The fourth-order valence-electron chi connectivity index (χ4n) is 4.94. The molecule has 0 radical (unpaired) electrons. The van der Waals surface area contributed by atoms with E-state index < -0.39 is 5.54 Å². The molecule has 1 aromatic carbocycles. The zero-order valence-electron chi connectivity index (χ0n) is 20.1. The number of nitrogens with one attached hydrogen (secondary N) is 1. The van der Waals surface area contributed by atoms with Gasteiger partial charge in [0.1, 0.15) is 5.54 Å². The van der Waals surface area contributed by atoms with Crippen LogP contribution in [-0.4, -0.2) is 48.1 Å². The molecule has 1 aliphatic heterocycles. The molecule has 6 heteroatoms. The summed E-state index contributed by atoms with van der Waals surface area (Å²) in [5, 5.41) is 3.30. The molecule has 1 saturated heterocycles. The summed E-state index contributed by atoms with van der Waals surface area (Å²) in [5.41, 5.74) is 0.298. The van der Waals surface area contributed by atoms with Crippen molar-refractivity contribution in [2.24, 2.45) is 0 Å². The Bertz CT molecular complexity index is 773. The van der Waals surface area contributed by atoms with Crippen molar-refractivity contribution in [3.63, 3.8) is 0 Å². The van der Waals surface area contributed by atoms with Gasteiger partial charge in [-0.1, -0.05) is 38.2 Å². The molecule has 6 nitrogen and oxygen atoms in total. The lowest BCUT2D eigenvalue weighted by Crippen LogP contribution is -2.56. The maximum absolute atomic E-state index is 13.3. The number of hydrogen-bond acceptors (Lipinski definition) is 4. The zero-order chi connectivity index (χ0) is 23.0. The van der Waals surface area contributed by atoms with Gasteiger partial charge in [-0.15, -0.1) is 0 Å². The van der Waals surface area contributed by atoms with E-state index in [1.54, 1.807) is 4.90 Å². The second-order valence-corrected chi connectivity index (χ2v) is 9.23. The monoisotopic (exact) mass is 444 g/mol. The van der Waals surface area contributed by atoms with Crippen LogP contribution < -0.4 is 14.8 Å². The van der Waals surface area contributed by atoms with Crippen LogP contribution in [0.25, 0.3) is 0 Å². The minimum absolute atomic E-state index is 0.00984. The molecule has 1 N–H and O–H groups in total. The van der Waals surface area contributed by atoms with Crippen molar-refractivity contribution >= 4 is 11.8 Å². The van der Waals surface area contributed by atoms with Crippen molar-refractivity contribution in [2.75, 3.05) is 19.8 Å². The molecule has 1 aromatic rings. The van der Waals surface area contributed by atoms with Gasteiger partial charge in [-0.3, -0.25) is 9.59 Å². The Kier molecular flexibility index (Phi) is 8.83. The van der Waals surface area contributed by atoms with Crippen LogP contribution in [0, 0.1) is 0 Å². The van der Waals surface area contributed by atoms with Gasteiger partial charge in [0.15, 0.2) is 11.5 Å². The van der Waals surface area contributed by atoms with E-state index in [2.05, 4.69) is 5.32 Å². The predicted molar refractivity (Wildman–Crippen MR) is 126 cm³/mol. The van der Waals surface area contributed by atoms with Gasteiger partial charge in [-0.2, -0.15) is 0 Å². The quantitative estimate of drug-likeness (QED) is 0.603. The van der Waals surface area contributed by atoms with E-state index >= 15 is 0 Å². The summed E-state index contributed by atoms with van der Waals surface area (Å²) in [5.74, 6) is 1.54. The normalized spacial score (nSPS) is 22.3. The molecule has 2 amide bonds. The van der Waals surface area contributed by atoms with Crippen LogP contribution in [0.2, 0.25) is 0 Å². The topological polar surface area (TPSA) is 67.9 Å². The highest BCUT2D eigenvalue weighted by Gasteiger charge is 2.47. The van der Waals surface area contributed by atoms with Gasteiger partial charge in [0.05, 0.1) is 13.2 Å². The molecule has 2 aliphatic rings. The van der Waals surface area contributed by atoms with Crippen LogP contribution in [0.1, 0.15) is 84.1 Å². The molecule has 0 bridgehead atoms. The number of hydrogen-bond donors (Lipinski definition) is 1. The molecule has 3 rings (SSSR count). The molecule has 1 saturated carbocycles. The lowest BCUT2D eigenvalue weighted by atomic mass is 9.93. The second-order valence-electron chi connectivity index (χ2n) is 9.23. The third-order valence-corrected chi connectivity index (χ3v) is 6.88. The Hall–Kier alpha value is -2.24. The van der Waals surface area contributed by atoms with E-state index in [1.807, 2.05) is 39.0 Å². The molecule has 1 atom stereocenters. The van der Waals surface area contributed by atoms with Gasteiger partial charge in [-0.05, 0) is 64.2 Å². The van der Waals surface area contributed by atoms with Crippen LogP contribution >= 0.6 is 0 Å². The van der Waals surface area contributed by atoms with Crippen LogP contribution in [0.5, 0.6) is 11.5 Å². The molecular weight excluding hydrogens is 404 g/mol. The van der Waals surface area contributed by atoms with Gasteiger partial charge in [0, 0.05) is 19.0 Å².